The van der Waals surface area contributed by atoms with E-state index in [2.05, 4.69) is 37.4 Å². The molecule has 0 aliphatic carbocycles. The van der Waals surface area contributed by atoms with E-state index in [9.17, 15) is 0 Å². The minimum Gasteiger partial charge on any atom is -0.0869 e. The van der Waals surface area contributed by atoms with E-state index in [1.807, 2.05) is 6.07 Å². The minimum absolute atomic E-state index is 0.862. The van der Waals surface area contributed by atoms with Gasteiger partial charge in [-0.3, -0.25) is 0 Å². The Morgan fingerprint density at radius 1 is 1.22 bits per heavy atom. The van der Waals surface area contributed by atoms with Crippen LogP contribution in [0.4, 0.5) is 0 Å². The van der Waals surface area contributed by atoms with Crippen molar-refractivity contribution in [1.82, 2.24) is 0 Å². The molecule has 0 aromatic heterocycles. The first-order valence-corrected chi connectivity index (χ1v) is 4.10. The number of rotatable bonds is 2. The second-order valence-electron chi connectivity index (χ2n) is 1.80. The molecule has 0 fully saturated rings. The molecule has 1 radical (unpaired) electrons. The Morgan fingerprint density at radius 3 is 2.44 bits per heavy atom. The average molecular weight is 137 g/mol. The predicted molar refractivity (Wildman–Crippen MR) is 44.4 cm³/mol. The Kier molecular flexibility index (Phi) is 2.73. The van der Waals surface area contributed by atoms with Gasteiger partial charge in [-0.05, 0) is 11.5 Å². The van der Waals surface area contributed by atoms with E-state index in [0.717, 1.165) is 8.58 Å². The molecule has 0 bridgehead atoms. The summed E-state index contributed by atoms with van der Waals surface area (Å²) in [4.78, 5) is 0. The van der Waals surface area contributed by atoms with Crippen LogP contribution >= 0.6 is 8.58 Å². The molecular weight excluding hydrogens is 127 g/mol. The third-order valence-electron chi connectivity index (χ3n) is 1.08. The van der Waals surface area contributed by atoms with Gasteiger partial charge in [0.25, 0.3) is 0 Å². The number of hydrogen-bond acceptors (Lipinski definition) is 0. The van der Waals surface area contributed by atoms with Crippen molar-refractivity contribution in [2.24, 2.45) is 0 Å². The predicted octanol–water partition coefficient (Wildman–Crippen LogP) is 2.17. The lowest BCUT2D eigenvalue weighted by Gasteiger charge is -1.93. The molecule has 0 aliphatic rings. The minimum atomic E-state index is 0.862. The van der Waals surface area contributed by atoms with Crippen molar-refractivity contribution >= 4 is 13.9 Å². The lowest BCUT2D eigenvalue weighted by Crippen LogP contribution is -1.88. The van der Waals surface area contributed by atoms with Gasteiger partial charge in [0, 0.05) is 0 Å². The smallest absolute Gasteiger partial charge is 0.0159 e. The van der Waals surface area contributed by atoms with Gasteiger partial charge >= 0.3 is 0 Å². The summed E-state index contributed by atoms with van der Waals surface area (Å²) in [5, 5.41) is 1.42. The molecule has 9 heavy (non-hydrogen) atoms. The first-order chi connectivity index (χ1) is 4.43. The van der Waals surface area contributed by atoms with Crippen molar-refractivity contribution in [2.45, 2.75) is 6.92 Å². The molecule has 1 aromatic rings. The van der Waals surface area contributed by atoms with Gasteiger partial charge < -0.3 is 0 Å². The summed E-state index contributed by atoms with van der Waals surface area (Å²) in [6, 6.07) is 10.5. The van der Waals surface area contributed by atoms with Crippen LogP contribution in [0.3, 0.4) is 0 Å². The van der Waals surface area contributed by atoms with E-state index in [4.69, 9.17) is 0 Å². The van der Waals surface area contributed by atoms with Crippen molar-refractivity contribution in [3.63, 3.8) is 0 Å². The highest BCUT2D eigenvalue weighted by Gasteiger charge is 1.84. The summed E-state index contributed by atoms with van der Waals surface area (Å²) in [6.07, 6.45) is 2.19. The van der Waals surface area contributed by atoms with Gasteiger partial charge in [-0.15, -0.1) is 0 Å². The highest BCUT2D eigenvalue weighted by molar-refractivity contribution is 7.49. The molecule has 1 aromatic carbocycles. The molecule has 0 saturated carbocycles. The van der Waals surface area contributed by atoms with Crippen molar-refractivity contribution < 1.29 is 0 Å². The SMILES string of the molecule is C[CH]Pc1ccccc1. The first-order valence-electron chi connectivity index (χ1n) is 3.03. The Morgan fingerprint density at radius 2 is 1.89 bits per heavy atom. The Balaban J connectivity index is 2.61. The average Bonchev–Trinajstić information content (AvgIpc) is 1.91. The van der Waals surface area contributed by atoms with Gasteiger partial charge in [-0.25, -0.2) is 0 Å². The standard InChI is InChI=1S/C8H10P/c1-2-9-8-6-4-3-5-7-8/h2-7,9H,1H3. The summed E-state index contributed by atoms with van der Waals surface area (Å²) in [5.74, 6) is 0. The Labute approximate surface area is 58.1 Å². The van der Waals surface area contributed by atoms with Gasteiger partial charge in [0.15, 0.2) is 0 Å². The molecular formula is C8H10P. The van der Waals surface area contributed by atoms with E-state index in [-0.39, 0.29) is 0 Å². The second kappa shape index (κ2) is 3.63. The van der Waals surface area contributed by atoms with Crippen LogP contribution < -0.4 is 5.30 Å². The normalized spacial score (nSPS) is 10.8. The van der Waals surface area contributed by atoms with Crippen molar-refractivity contribution in [3.8, 4) is 0 Å². The first kappa shape index (κ1) is 6.77. The topological polar surface area (TPSA) is 0 Å². The maximum absolute atomic E-state index is 2.19. The van der Waals surface area contributed by atoms with Gasteiger partial charge in [0.2, 0.25) is 0 Å². The summed E-state index contributed by atoms with van der Waals surface area (Å²) >= 11 is 0. The molecule has 1 atom stereocenters. The van der Waals surface area contributed by atoms with Crippen LogP contribution in [0.2, 0.25) is 0 Å². The molecule has 0 heterocycles. The molecule has 0 saturated heterocycles. The number of benzene rings is 1. The van der Waals surface area contributed by atoms with E-state index in [1.54, 1.807) is 0 Å². The van der Waals surface area contributed by atoms with E-state index in [1.165, 1.54) is 5.30 Å². The zero-order valence-corrected chi connectivity index (χ0v) is 6.46. The molecule has 0 nitrogen and oxygen atoms in total. The quantitative estimate of drug-likeness (QED) is 0.548. The fourth-order valence-corrected chi connectivity index (χ4v) is 1.42. The molecule has 0 N–H and O–H groups in total. The fourth-order valence-electron chi connectivity index (χ4n) is 0.701. The van der Waals surface area contributed by atoms with Crippen LogP contribution in [-0.4, -0.2) is 0 Å². The van der Waals surface area contributed by atoms with E-state index >= 15 is 0 Å². The van der Waals surface area contributed by atoms with Crippen molar-refractivity contribution in [1.29, 1.82) is 0 Å². The van der Waals surface area contributed by atoms with Crippen LogP contribution in [0.15, 0.2) is 30.3 Å². The van der Waals surface area contributed by atoms with Crippen LogP contribution in [0.1, 0.15) is 6.92 Å². The zero-order valence-electron chi connectivity index (χ0n) is 5.46. The molecule has 0 aliphatic heterocycles. The van der Waals surface area contributed by atoms with Gasteiger partial charge in [-0.1, -0.05) is 45.8 Å². The Bertz CT molecular complexity index is 157. The molecule has 1 heteroatoms. The lowest BCUT2D eigenvalue weighted by atomic mass is 10.4. The highest BCUT2D eigenvalue weighted by atomic mass is 31.1. The Hall–Kier alpha value is -0.350. The van der Waals surface area contributed by atoms with E-state index < -0.39 is 0 Å². The van der Waals surface area contributed by atoms with Crippen LogP contribution in [0.25, 0.3) is 0 Å². The summed E-state index contributed by atoms with van der Waals surface area (Å²) in [7, 11) is 0.862. The van der Waals surface area contributed by atoms with Gasteiger partial charge in [0.05, 0.1) is 0 Å². The monoisotopic (exact) mass is 137 g/mol. The van der Waals surface area contributed by atoms with Crippen LogP contribution in [-0.2, 0) is 0 Å². The largest absolute Gasteiger partial charge is 0.0869 e. The summed E-state index contributed by atoms with van der Waals surface area (Å²) in [6.45, 7) is 2.09. The van der Waals surface area contributed by atoms with Crippen molar-refractivity contribution in [3.05, 3.63) is 36.5 Å². The lowest BCUT2D eigenvalue weighted by molar-refractivity contribution is 1.71. The highest BCUT2D eigenvalue weighted by Crippen LogP contribution is 2.11. The fraction of sp³-hybridized carbons (Fsp3) is 0.125. The molecule has 1 rings (SSSR count). The van der Waals surface area contributed by atoms with E-state index in [0.29, 0.717) is 0 Å². The van der Waals surface area contributed by atoms with Crippen LogP contribution in [0, 0.1) is 6.16 Å². The summed E-state index contributed by atoms with van der Waals surface area (Å²) < 4.78 is 0. The molecule has 1 unspecified atom stereocenters. The van der Waals surface area contributed by atoms with Crippen LogP contribution in [0.5, 0.6) is 0 Å². The third-order valence-corrected chi connectivity index (χ3v) is 2.04. The second-order valence-corrected chi connectivity index (χ2v) is 3.24. The zero-order chi connectivity index (χ0) is 6.53. The summed E-state index contributed by atoms with van der Waals surface area (Å²) in [5.41, 5.74) is 0. The molecule has 0 amide bonds. The molecule has 0 spiro atoms. The van der Waals surface area contributed by atoms with Gasteiger partial charge in [-0.2, -0.15) is 0 Å². The maximum atomic E-state index is 2.19. The van der Waals surface area contributed by atoms with Gasteiger partial charge in [0.1, 0.15) is 0 Å². The molecule has 47 valence electrons. The maximum Gasteiger partial charge on any atom is -0.0159 e. The number of hydrogen-bond donors (Lipinski definition) is 0. The van der Waals surface area contributed by atoms with Crippen molar-refractivity contribution in [2.75, 3.05) is 0 Å². The third kappa shape index (κ3) is 2.15.